The minimum atomic E-state index is -0.155. The molecule has 0 spiro atoms. The second-order valence-corrected chi connectivity index (χ2v) is 6.16. The zero-order valence-electron chi connectivity index (χ0n) is 9.76. The molecule has 1 saturated carbocycles. The van der Waals surface area contributed by atoms with Gasteiger partial charge in [0.1, 0.15) is 6.07 Å². The molecular formula is C12H9BrN4OS. The smallest absolute Gasteiger partial charge is 0.267 e. The molecule has 0 radical (unpaired) electrons. The van der Waals surface area contributed by atoms with Crippen molar-refractivity contribution in [2.75, 3.05) is 0 Å². The van der Waals surface area contributed by atoms with Gasteiger partial charge in [-0.05, 0) is 58.7 Å². The molecule has 19 heavy (non-hydrogen) atoms. The van der Waals surface area contributed by atoms with E-state index in [0.717, 1.165) is 22.2 Å². The van der Waals surface area contributed by atoms with Crippen LogP contribution < -0.4 is 5.69 Å². The van der Waals surface area contributed by atoms with Crippen molar-refractivity contribution in [3.63, 3.8) is 0 Å². The zero-order valence-corrected chi connectivity index (χ0v) is 12.2. The Balaban J connectivity index is 1.92. The number of nitrogens with one attached hydrogen (secondary N) is 1. The lowest BCUT2D eigenvalue weighted by molar-refractivity contribution is 0.642. The molecule has 0 amide bonds. The highest BCUT2D eigenvalue weighted by Gasteiger charge is 2.28. The molecule has 0 saturated heterocycles. The van der Waals surface area contributed by atoms with E-state index >= 15 is 0 Å². The fraction of sp³-hybridized carbons (Fsp3) is 0.250. The van der Waals surface area contributed by atoms with Gasteiger partial charge in [0.25, 0.3) is 0 Å². The van der Waals surface area contributed by atoms with Crippen molar-refractivity contribution in [3.8, 4) is 6.07 Å². The molecule has 7 heteroatoms. The molecule has 0 aliphatic heterocycles. The van der Waals surface area contributed by atoms with Gasteiger partial charge in [0.2, 0.25) is 0 Å². The number of H-pyrrole nitrogens is 1. The van der Waals surface area contributed by atoms with E-state index in [2.05, 4.69) is 32.2 Å². The third-order valence-electron chi connectivity index (χ3n) is 2.85. The summed E-state index contributed by atoms with van der Waals surface area (Å²) in [5.74, 6) is 0. The number of aromatic nitrogens is 3. The van der Waals surface area contributed by atoms with Crippen molar-refractivity contribution in [2.45, 2.75) is 28.9 Å². The monoisotopic (exact) mass is 336 g/mol. The van der Waals surface area contributed by atoms with Crippen LogP contribution in [-0.4, -0.2) is 14.8 Å². The quantitative estimate of drug-likeness (QED) is 0.934. The van der Waals surface area contributed by atoms with Gasteiger partial charge >= 0.3 is 5.69 Å². The van der Waals surface area contributed by atoms with Crippen LogP contribution in [0.1, 0.15) is 24.4 Å². The summed E-state index contributed by atoms with van der Waals surface area (Å²) in [6.07, 6.45) is 2.06. The molecule has 0 atom stereocenters. The van der Waals surface area contributed by atoms with Crippen molar-refractivity contribution in [2.24, 2.45) is 0 Å². The maximum atomic E-state index is 11.7. The van der Waals surface area contributed by atoms with Gasteiger partial charge in [-0.2, -0.15) is 5.26 Å². The maximum Gasteiger partial charge on any atom is 0.344 e. The second kappa shape index (κ2) is 4.87. The third kappa shape index (κ3) is 2.46. The molecule has 5 nitrogen and oxygen atoms in total. The van der Waals surface area contributed by atoms with Gasteiger partial charge in [-0.25, -0.2) is 9.89 Å². The predicted molar refractivity (Wildman–Crippen MR) is 74.1 cm³/mol. The summed E-state index contributed by atoms with van der Waals surface area (Å²) in [4.78, 5) is 12.6. The van der Waals surface area contributed by atoms with Crippen molar-refractivity contribution < 1.29 is 0 Å². The maximum absolute atomic E-state index is 11.7. The highest BCUT2D eigenvalue weighted by Crippen LogP contribution is 2.38. The van der Waals surface area contributed by atoms with Crippen LogP contribution in [0.3, 0.4) is 0 Å². The lowest BCUT2D eigenvalue weighted by Gasteiger charge is -2.04. The first-order chi connectivity index (χ1) is 9.19. The van der Waals surface area contributed by atoms with Crippen LogP contribution in [0.4, 0.5) is 0 Å². The number of nitrogens with zero attached hydrogens (tertiary/aromatic N) is 3. The highest BCUT2D eigenvalue weighted by molar-refractivity contribution is 9.10. The molecule has 1 fully saturated rings. The Hall–Kier alpha value is -1.52. The Morgan fingerprint density at radius 2 is 2.32 bits per heavy atom. The second-order valence-electron chi connectivity index (χ2n) is 4.27. The molecule has 0 bridgehead atoms. The normalized spacial score (nSPS) is 14.3. The number of nitriles is 1. The third-order valence-corrected chi connectivity index (χ3v) is 4.47. The van der Waals surface area contributed by atoms with E-state index in [9.17, 15) is 4.79 Å². The largest absolute Gasteiger partial charge is 0.344 e. The van der Waals surface area contributed by atoms with E-state index in [1.54, 1.807) is 10.6 Å². The summed E-state index contributed by atoms with van der Waals surface area (Å²) in [7, 11) is 0. The van der Waals surface area contributed by atoms with Crippen molar-refractivity contribution >= 4 is 27.7 Å². The first kappa shape index (κ1) is 12.5. The topological polar surface area (TPSA) is 74.5 Å². The predicted octanol–water partition coefficient (Wildman–Crippen LogP) is 2.69. The molecule has 1 aliphatic carbocycles. The number of halogens is 1. The molecule has 0 unspecified atom stereocenters. The van der Waals surface area contributed by atoms with Crippen LogP contribution in [0.25, 0.3) is 0 Å². The van der Waals surface area contributed by atoms with Crippen LogP contribution in [0.5, 0.6) is 0 Å². The van der Waals surface area contributed by atoms with Crippen molar-refractivity contribution in [1.29, 1.82) is 5.26 Å². The van der Waals surface area contributed by atoms with E-state index in [1.165, 1.54) is 11.8 Å². The summed E-state index contributed by atoms with van der Waals surface area (Å²) in [6, 6.07) is 7.85. The van der Waals surface area contributed by atoms with Gasteiger partial charge in [-0.1, -0.05) is 0 Å². The molecule has 1 heterocycles. The Labute approximate surface area is 121 Å². The lowest BCUT2D eigenvalue weighted by atomic mass is 10.2. The number of aromatic amines is 1. The number of hydrogen-bond donors (Lipinski definition) is 1. The van der Waals surface area contributed by atoms with Crippen LogP contribution in [-0.2, 0) is 0 Å². The van der Waals surface area contributed by atoms with Gasteiger partial charge < -0.3 is 0 Å². The number of hydrogen-bond acceptors (Lipinski definition) is 4. The van der Waals surface area contributed by atoms with Gasteiger partial charge in [0.05, 0.1) is 5.56 Å². The SMILES string of the molecule is N#Cc1ccc(Sc2n[nH]c(=O)n2C2CC2)cc1Br. The molecule has 1 aromatic carbocycles. The zero-order chi connectivity index (χ0) is 13.4. The summed E-state index contributed by atoms with van der Waals surface area (Å²) < 4.78 is 2.45. The summed E-state index contributed by atoms with van der Waals surface area (Å²) >= 11 is 4.77. The fourth-order valence-corrected chi connectivity index (χ4v) is 3.34. The van der Waals surface area contributed by atoms with Gasteiger partial charge in [-0.3, -0.25) is 4.57 Å². The number of rotatable bonds is 3. The summed E-state index contributed by atoms with van der Waals surface area (Å²) in [5, 5.41) is 16.1. The van der Waals surface area contributed by atoms with Crippen LogP contribution in [0.15, 0.2) is 37.5 Å². The Bertz CT molecular complexity index is 726. The summed E-state index contributed by atoms with van der Waals surface area (Å²) in [6.45, 7) is 0. The molecule has 96 valence electrons. The molecule has 1 aliphatic rings. The van der Waals surface area contributed by atoms with Crippen LogP contribution in [0.2, 0.25) is 0 Å². The Morgan fingerprint density at radius 1 is 1.53 bits per heavy atom. The molecule has 3 rings (SSSR count). The van der Waals surface area contributed by atoms with Crippen LogP contribution in [0, 0.1) is 11.3 Å². The van der Waals surface area contributed by atoms with Crippen molar-refractivity contribution in [1.82, 2.24) is 14.8 Å². The average molecular weight is 337 g/mol. The van der Waals surface area contributed by atoms with E-state index in [4.69, 9.17) is 5.26 Å². The minimum absolute atomic E-state index is 0.155. The summed E-state index contributed by atoms with van der Waals surface area (Å²) in [5.41, 5.74) is 0.434. The highest BCUT2D eigenvalue weighted by atomic mass is 79.9. The van der Waals surface area contributed by atoms with E-state index in [1.807, 2.05) is 12.1 Å². The molecule has 2 aromatic rings. The van der Waals surface area contributed by atoms with Gasteiger partial charge in [0.15, 0.2) is 5.16 Å². The molecule has 1 aromatic heterocycles. The minimum Gasteiger partial charge on any atom is -0.267 e. The fourth-order valence-electron chi connectivity index (χ4n) is 1.77. The van der Waals surface area contributed by atoms with Gasteiger partial charge in [-0.15, -0.1) is 5.10 Å². The molecule has 1 N–H and O–H groups in total. The van der Waals surface area contributed by atoms with Gasteiger partial charge in [0, 0.05) is 15.4 Å². The lowest BCUT2D eigenvalue weighted by Crippen LogP contribution is -2.15. The Morgan fingerprint density at radius 3 is 2.95 bits per heavy atom. The average Bonchev–Trinajstić information content (AvgIpc) is 3.15. The van der Waals surface area contributed by atoms with E-state index in [0.29, 0.717) is 10.7 Å². The Kier molecular flexibility index (Phi) is 3.21. The molecular weight excluding hydrogens is 328 g/mol. The van der Waals surface area contributed by atoms with E-state index < -0.39 is 0 Å². The first-order valence-electron chi connectivity index (χ1n) is 5.73. The van der Waals surface area contributed by atoms with Crippen LogP contribution >= 0.6 is 27.7 Å². The standard InChI is InChI=1S/C12H9BrN4OS/c13-10-5-9(4-1-7(10)6-14)19-12-16-15-11(18)17(12)8-2-3-8/h1,4-5,8H,2-3H2,(H,15,18). The first-order valence-corrected chi connectivity index (χ1v) is 7.34. The van der Waals surface area contributed by atoms with E-state index in [-0.39, 0.29) is 11.7 Å². The number of benzene rings is 1. The van der Waals surface area contributed by atoms with Crippen molar-refractivity contribution in [3.05, 3.63) is 38.7 Å².